The van der Waals surface area contributed by atoms with Crippen LogP contribution in [0, 0.1) is 16.7 Å². The molecule has 22 heavy (non-hydrogen) atoms. The molecule has 0 unspecified atom stereocenters. The van der Waals surface area contributed by atoms with Crippen LogP contribution in [-0.4, -0.2) is 20.2 Å². The summed E-state index contributed by atoms with van der Waals surface area (Å²) in [4.78, 5) is 12.5. The quantitative estimate of drug-likeness (QED) is 0.641. The van der Waals surface area contributed by atoms with Crippen LogP contribution in [-0.2, 0) is 9.22 Å². The van der Waals surface area contributed by atoms with Gasteiger partial charge < -0.3 is 4.43 Å². The van der Waals surface area contributed by atoms with E-state index in [4.69, 9.17) is 4.43 Å². The van der Waals surface area contributed by atoms with E-state index in [1.165, 1.54) is 0 Å². The molecule has 0 saturated heterocycles. The molecule has 0 bridgehead atoms. The predicted octanol–water partition coefficient (Wildman–Crippen LogP) is 5.35. The summed E-state index contributed by atoms with van der Waals surface area (Å²) >= 11 is 0. The number of allylic oxidation sites excluding steroid dienone is 2. The second-order valence-electron chi connectivity index (χ2n) is 10.0. The number of carbonyl (C=O) groups is 1. The van der Waals surface area contributed by atoms with Gasteiger partial charge in [-0.05, 0) is 48.9 Å². The van der Waals surface area contributed by atoms with Crippen LogP contribution in [0.4, 0.5) is 0 Å². The zero-order valence-electron chi connectivity index (χ0n) is 15.7. The summed E-state index contributed by atoms with van der Waals surface area (Å²) in [6.07, 6.45) is 7.09. The predicted molar refractivity (Wildman–Crippen MR) is 95.4 cm³/mol. The Hall–Kier alpha value is -0.413. The van der Waals surface area contributed by atoms with Gasteiger partial charge >= 0.3 is 0 Å². The molecule has 2 aliphatic carbocycles. The number of hydrogen-bond acceptors (Lipinski definition) is 2. The molecule has 0 aromatic rings. The van der Waals surface area contributed by atoms with Crippen LogP contribution in [0.15, 0.2) is 12.2 Å². The monoisotopic (exact) mass is 322 g/mol. The van der Waals surface area contributed by atoms with Crippen LogP contribution < -0.4 is 0 Å². The van der Waals surface area contributed by atoms with Crippen molar-refractivity contribution >= 4 is 14.1 Å². The van der Waals surface area contributed by atoms with E-state index in [1.807, 2.05) is 0 Å². The van der Waals surface area contributed by atoms with Gasteiger partial charge in [-0.1, -0.05) is 47.6 Å². The Kier molecular flexibility index (Phi) is 4.32. The van der Waals surface area contributed by atoms with Crippen LogP contribution >= 0.6 is 0 Å². The number of carbonyl (C=O) groups excluding carboxylic acids is 1. The first-order valence-electron chi connectivity index (χ1n) is 8.67. The van der Waals surface area contributed by atoms with E-state index in [0.29, 0.717) is 5.78 Å². The minimum absolute atomic E-state index is 0.0309. The first kappa shape index (κ1) is 17.9. The Bertz CT molecular complexity index is 484. The molecule has 0 amide bonds. The van der Waals surface area contributed by atoms with Gasteiger partial charge in [0.25, 0.3) is 0 Å². The highest BCUT2D eigenvalue weighted by molar-refractivity contribution is 6.74. The molecule has 3 atom stereocenters. The fourth-order valence-corrected chi connectivity index (χ4v) is 5.20. The molecule has 126 valence electrons. The van der Waals surface area contributed by atoms with Crippen LogP contribution in [0.5, 0.6) is 0 Å². The first-order chi connectivity index (χ1) is 9.79. The van der Waals surface area contributed by atoms with Gasteiger partial charge in [0.15, 0.2) is 14.1 Å². The third-order valence-corrected chi connectivity index (χ3v) is 10.9. The summed E-state index contributed by atoms with van der Waals surface area (Å²) < 4.78 is 6.85. The van der Waals surface area contributed by atoms with Crippen molar-refractivity contribution in [2.24, 2.45) is 16.7 Å². The van der Waals surface area contributed by atoms with Crippen molar-refractivity contribution < 1.29 is 9.22 Å². The SMILES string of the molecule is CC1(C)C[C@H](O[Si](C)(C)C(C)(C)C)[C@@]2(C)CC=CC(=O)[C@@H]2C1. The lowest BCUT2D eigenvalue weighted by molar-refractivity contribution is -0.137. The molecular weight excluding hydrogens is 288 g/mol. The van der Waals surface area contributed by atoms with Crippen molar-refractivity contribution in [3.8, 4) is 0 Å². The largest absolute Gasteiger partial charge is 0.413 e. The zero-order valence-corrected chi connectivity index (χ0v) is 16.7. The van der Waals surface area contributed by atoms with E-state index in [0.717, 1.165) is 19.3 Å². The molecule has 2 nitrogen and oxygen atoms in total. The van der Waals surface area contributed by atoms with E-state index in [2.05, 4.69) is 60.7 Å². The Balaban J connectivity index is 2.36. The Morgan fingerprint density at radius 2 is 1.77 bits per heavy atom. The fraction of sp³-hybridized carbons (Fsp3) is 0.842. The molecule has 0 aromatic heterocycles. The molecule has 3 heteroatoms. The lowest BCUT2D eigenvalue weighted by Crippen LogP contribution is -2.57. The average molecular weight is 323 g/mol. The number of rotatable bonds is 2. The van der Waals surface area contributed by atoms with E-state index in [-0.39, 0.29) is 27.9 Å². The standard InChI is InChI=1S/C19H34O2Si/c1-17(2,3)22(7,8)21-16-13-18(4,5)12-14-15(20)10-9-11-19(14,16)6/h9-10,14,16H,11-13H2,1-8H3/t14-,16-,19-/m0/s1. The fourth-order valence-electron chi connectivity index (χ4n) is 3.78. The zero-order chi connectivity index (χ0) is 17.0. The molecule has 2 aliphatic rings. The van der Waals surface area contributed by atoms with Gasteiger partial charge in [0, 0.05) is 11.3 Å². The highest BCUT2D eigenvalue weighted by Gasteiger charge is 2.55. The maximum atomic E-state index is 12.5. The molecule has 0 aromatic carbocycles. The minimum Gasteiger partial charge on any atom is -0.413 e. The van der Waals surface area contributed by atoms with E-state index in [9.17, 15) is 4.79 Å². The van der Waals surface area contributed by atoms with Gasteiger partial charge in [-0.2, -0.15) is 0 Å². The second-order valence-corrected chi connectivity index (χ2v) is 14.8. The molecular formula is C19H34O2Si. The topological polar surface area (TPSA) is 26.3 Å². The Morgan fingerprint density at radius 1 is 1.18 bits per heavy atom. The molecule has 2 rings (SSSR count). The Morgan fingerprint density at radius 3 is 2.32 bits per heavy atom. The van der Waals surface area contributed by atoms with Gasteiger partial charge in [-0.25, -0.2) is 0 Å². The van der Waals surface area contributed by atoms with Crippen LogP contribution in [0.3, 0.4) is 0 Å². The van der Waals surface area contributed by atoms with Crippen molar-refractivity contribution in [2.45, 2.75) is 85.0 Å². The maximum Gasteiger partial charge on any atom is 0.192 e. The lowest BCUT2D eigenvalue weighted by atomic mass is 9.54. The van der Waals surface area contributed by atoms with Crippen LogP contribution in [0.25, 0.3) is 0 Å². The summed E-state index contributed by atoms with van der Waals surface area (Å²) in [6.45, 7) is 18.4. The molecule has 0 spiro atoms. The number of fused-ring (bicyclic) bond motifs is 1. The van der Waals surface area contributed by atoms with Gasteiger partial charge in [0.1, 0.15) is 0 Å². The van der Waals surface area contributed by atoms with Crippen molar-refractivity contribution in [3.05, 3.63) is 12.2 Å². The number of ketones is 1. The van der Waals surface area contributed by atoms with E-state index < -0.39 is 8.32 Å². The second kappa shape index (κ2) is 5.30. The number of hydrogen-bond donors (Lipinski definition) is 0. The minimum atomic E-state index is -1.84. The molecule has 0 aliphatic heterocycles. The summed E-state index contributed by atoms with van der Waals surface area (Å²) in [7, 11) is -1.84. The lowest BCUT2D eigenvalue weighted by Gasteiger charge is -2.55. The third kappa shape index (κ3) is 3.12. The highest BCUT2D eigenvalue weighted by Crippen LogP contribution is 2.55. The molecule has 1 fully saturated rings. The van der Waals surface area contributed by atoms with Crippen molar-refractivity contribution in [1.29, 1.82) is 0 Å². The van der Waals surface area contributed by atoms with Gasteiger partial charge in [-0.3, -0.25) is 4.79 Å². The smallest absolute Gasteiger partial charge is 0.192 e. The van der Waals surface area contributed by atoms with Gasteiger partial charge in [-0.15, -0.1) is 0 Å². The molecule has 0 heterocycles. The first-order valence-corrected chi connectivity index (χ1v) is 11.6. The summed E-state index contributed by atoms with van der Waals surface area (Å²) in [5, 5.41) is 0.203. The van der Waals surface area contributed by atoms with E-state index >= 15 is 0 Å². The van der Waals surface area contributed by atoms with Crippen LogP contribution in [0.2, 0.25) is 18.1 Å². The van der Waals surface area contributed by atoms with Crippen molar-refractivity contribution in [2.75, 3.05) is 0 Å². The highest BCUT2D eigenvalue weighted by atomic mass is 28.4. The third-order valence-electron chi connectivity index (χ3n) is 6.45. The summed E-state index contributed by atoms with van der Waals surface area (Å²) in [5.74, 6) is 0.432. The molecule has 0 N–H and O–H groups in total. The average Bonchev–Trinajstić information content (AvgIpc) is 2.30. The normalized spacial score (nSPS) is 35.4. The Labute approximate surface area is 137 Å². The van der Waals surface area contributed by atoms with Crippen molar-refractivity contribution in [3.63, 3.8) is 0 Å². The van der Waals surface area contributed by atoms with Crippen molar-refractivity contribution in [1.82, 2.24) is 0 Å². The van der Waals surface area contributed by atoms with Crippen LogP contribution in [0.1, 0.15) is 60.8 Å². The molecule has 0 radical (unpaired) electrons. The maximum absolute atomic E-state index is 12.5. The summed E-state index contributed by atoms with van der Waals surface area (Å²) in [5.41, 5.74) is 0.148. The van der Waals surface area contributed by atoms with E-state index in [1.54, 1.807) is 6.08 Å². The molecule has 1 saturated carbocycles. The summed E-state index contributed by atoms with van der Waals surface area (Å²) in [6, 6.07) is 0. The van der Waals surface area contributed by atoms with Gasteiger partial charge in [0.05, 0.1) is 6.10 Å². The van der Waals surface area contributed by atoms with Gasteiger partial charge in [0.2, 0.25) is 0 Å².